The normalized spacial score (nSPS) is 12.4. The van der Waals surface area contributed by atoms with E-state index in [2.05, 4.69) is 5.32 Å². The van der Waals surface area contributed by atoms with Gasteiger partial charge >= 0.3 is 12.1 Å². The summed E-state index contributed by atoms with van der Waals surface area (Å²) in [6.07, 6.45) is -0.342. The Balaban J connectivity index is 2.73. The summed E-state index contributed by atoms with van der Waals surface area (Å²) in [5, 5.41) is 3.31. The molecule has 1 aromatic carbocycles. The molecule has 1 N–H and O–H groups in total. The summed E-state index contributed by atoms with van der Waals surface area (Å²) >= 11 is 5.89. The minimum atomic E-state index is -0.568. The van der Waals surface area contributed by atoms with Crippen LogP contribution in [0.3, 0.4) is 0 Å². The smallest absolute Gasteiger partial charge is 0.407 e. The third-order valence-electron chi connectivity index (χ3n) is 2.95. The van der Waals surface area contributed by atoms with Crippen LogP contribution in [0.1, 0.15) is 45.6 Å². The molecule has 0 fully saturated rings. The van der Waals surface area contributed by atoms with Crippen LogP contribution in [-0.4, -0.2) is 30.8 Å². The molecule has 1 amide bonds. The molecule has 0 heterocycles. The van der Waals surface area contributed by atoms with Crippen LogP contribution in [-0.2, 0) is 14.3 Å². The zero-order chi connectivity index (χ0) is 17.5. The van der Waals surface area contributed by atoms with E-state index in [4.69, 9.17) is 21.1 Å². The maximum absolute atomic E-state index is 11.8. The number of nitrogens with one attached hydrogen (secondary N) is 1. The van der Waals surface area contributed by atoms with Gasteiger partial charge in [-0.05, 0) is 45.4 Å². The molecule has 0 aliphatic carbocycles. The van der Waals surface area contributed by atoms with Gasteiger partial charge in [0.2, 0.25) is 0 Å². The van der Waals surface area contributed by atoms with Gasteiger partial charge in [-0.3, -0.25) is 4.79 Å². The van der Waals surface area contributed by atoms with Gasteiger partial charge in [-0.2, -0.15) is 0 Å². The summed E-state index contributed by atoms with van der Waals surface area (Å²) in [7, 11) is 0. The number of amides is 1. The molecular formula is C17H24ClNO4. The van der Waals surface area contributed by atoms with Crippen molar-refractivity contribution in [3.63, 3.8) is 0 Å². The van der Waals surface area contributed by atoms with Gasteiger partial charge in [0, 0.05) is 17.5 Å². The van der Waals surface area contributed by atoms with Crippen molar-refractivity contribution in [2.24, 2.45) is 0 Å². The van der Waals surface area contributed by atoms with Gasteiger partial charge in [0.25, 0.3) is 0 Å². The van der Waals surface area contributed by atoms with Crippen molar-refractivity contribution in [1.82, 2.24) is 5.32 Å². The van der Waals surface area contributed by atoms with E-state index in [1.54, 1.807) is 39.8 Å². The predicted octanol–water partition coefficient (Wildman–Crippen LogP) is 3.90. The molecular weight excluding hydrogens is 318 g/mol. The fourth-order valence-electron chi connectivity index (χ4n) is 1.98. The van der Waals surface area contributed by atoms with Crippen molar-refractivity contribution in [3.8, 4) is 0 Å². The van der Waals surface area contributed by atoms with Crippen LogP contribution < -0.4 is 5.32 Å². The lowest BCUT2D eigenvalue weighted by atomic mass is 9.96. The number of benzene rings is 1. The number of carbonyl (C=O) groups excluding carboxylic acids is 2. The molecule has 1 atom stereocenters. The van der Waals surface area contributed by atoms with Crippen LogP contribution in [0.25, 0.3) is 0 Å². The minimum Gasteiger partial charge on any atom is -0.466 e. The molecule has 1 aromatic rings. The maximum Gasteiger partial charge on any atom is 0.407 e. The van der Waals surface area contributed by atoms with Crippen LogP contribution >= 0.6 is 11.6 Å². The first-order valence-electron chi connectivity index (χ1n) is 7.59. The highest BCUT2D eigenvalue weighted by Gasteiger charge is 2.20. The highest BCUT2D eigenvalue weighted by Crippen LogP contribution is 2.22. The maximum atomic E-state index is 11.8. The number of hydrogen-bond acceptors (Lipinski definition) is 4. The first-order valence-corrected chi connectivity index (χ1v) is 7.97. The summed E-state index contributed by atoms with van der Waals surface area (Å²) in [5.74, 6) is -0.516. The van der Waals surface area contributed by atoms with Gasteiger partial charge in [0.1, 0.15) is 5.60 Å². The van der Waals surface area contributed by atoms with Crippen molar-refractivity contribution in [1.29, 1.82) is 0 Å². The molecule has 0 aliphatic rings. The van der Waals surface area contributed by atoms with Crippen molar-refractivity contribution in [3.05, 3.63) is 34.9 Å². The Kier molecular flexibility index (Phi) is 7.36. The summed E-state index contributed by atoms with van der Waals surface area (Å²) in [4.78, 5) is 23.6. The second-order valence-corrected chi connectivity index (χ2v) is 6.58. The number of halogens is 1. The first kappa shape index (κ1) is 19.3. The Morgan fingerprint density at radius 3 is 2.35 bits per heavy atom. The SMILES string of the molecule is CCOC(=O)C[C@@H](CNC(=O)OC(C)(C)C)c1ccc(Cl)cc1. The molecule has 5 nitrogen and oxygen atoms in total. The Morgan fingerprint density at radius 2 is 1.83 bits per heavy atom. The van der Waals surface area contributed by atoms with Gasteiger partial charge in [-0.1, -0.05) is 23.7 Å². The largest absolute Gasteiger partial charge is 0.466 e. The molecule has 0 bridgehead atoms. The lowest BCUT2D eigenvalue weighted by molar-refractivity contribution is -0.143. The molecule has 0 radical (unpaired) electrons. The quantitative estimate of drug-likeness (QED) is 0.797. The van der Waals surface area contributed by atoms with Gasteiger partial charge in [0.05, 0.1) is 13.0 Å². The second kappa shape index (κ2) is 8.77. The number of carbonyl (C=O) groups is 2. The highest BCUT2D eigenvalue weighted by molar-refractivity contribution is 6.30. The number of hydrogen-bond donors (Lipinski definition) is 1. The summed E-state index contributed by atoms with van der Waals surface area (Å²) in [5.41, 5.74) is 0.333. The van der Waals surface area contributed by atoms with Crippen molar-refractivity contribution < 1.29 is 19.1 Å². The molecule has 6 heteroatoms. The van der Waals surface area contributed by atoms with Crippen LogP contribution in [0, 0.1) is 0 Å². The van der Waals surface area contributed by atoms with Crippen LogP contribution in [0.15, 0.2) is 24.3 Å². The molecule has 0 spiro atoms. The zero-order valence-electron chi connectivity index (χ0n) is 14.0. The van der Waals surface area contributed by atoms with Crippen LogP contribution in [0.5, 0.6) is 0 Å². The fraction of sp³-hybridized carbons (Fsp3) is 0.529. The number of rotatable bonds is 6. The van der Waals surface area contributed by atoms with E-state index >= 15 is 0 Å². The Bertz CT molecular complexity index is 522. The lowest BCUT2D eigenvalue weighted by Crippen LogP contribution is -2.35. The Morgan fingerprint density at radius 1 is 1.22 bits per heavy atom. The van der Waals surface area contributed by atoms with Gasteiger partial charge < -0.3 is 14.8 Å². The summed E-state index contributed by atoms with van der Waals surface area (Å²) in [6.45, 7) is 7.74. The standard InChI is InChI=1S/C17H24ClNO4/c1-5-22-15(20)10-13(12-6-8-14(18)9-7-12)11-19-16(21)23-17(2,3)4/h6-9,13H,5,10-11H2,1-4H3,(H,19,21)/t13-/m0/s1. The minimum absolute atomic E-state index is 0.172. The molecule has 0 aliphatic heterocycles. The van der Waals surface area contributed by atoms with Crippen molar-refractivity contribution in [2.75, 3.05) is 13.2 Å². The van der Waals surface area contributed by atoms with E-state index in [-0.39, 0.29) is 24.9 Å². The highest BCUT2D eigenvalue weighted by atomic mass is 35.5. The topological polar surface area (TPSA) is 64.6 Å². The zero-order valence-corrected chi connectivity index (χ0v) is 14.8. The van der Waals surface area contributed by atoms with Gasteiger partial charge in [0.15, 0.2) is 0 Å². The fourth-order valence-corrected chi connectivity index (χ4v) is 2.11. The van der Waals surface area contributed by atoms with Crippen molar-refractivity contribution >= 4 is 23.7 Å². The molecule has 1 rings (SSSR count). The molecule has 0 unspecified atom stereocenters. The van der Waals surface area contributed by atoms with E-state index in [0.717, 1.165) is 5.56 Å². The molecule has 0 saturated carbocycles. The first-order chi connectivity index (χ1) is 10.7. The average molecular weight is 342 g/mol. The van der Waals surface area contributed by atoms with Crippen LogP contribution in [0.2, 0.25) is 5.02 Å². The Labute approximate surface area is 142 Å². The van der Waals surface area contributed by atoms with Crippen LogP contribution in [0.4, 0.5) is 4.79 Å². The van der Waals surface area contributed by atoms with E-state index < -0.39 is 11.7 Å². The predicted molar refractivity (Wildman–Crippen MR) is 89.7 cm³/mol. The average Bonchev–Trinajstić information content (AvgIpc) is 2.43. The monoisotopic (exact) mass is 341 g/mol. The van der Waals surface area contributed by atoms with Gasteiger partial charge in [-0.25, -0.2) is 4.79 Å². The summed E-state index contributed by atoms with van der Waals surface area (Å²) in [6, 6.07) is 7.18. The number of ether oxygens (including phenoxy) is 2. The molecule has 0 saturated heterocycles. The second-order valence-electron chi connectivity index (χ2n) is 6.14. The van der Waals surface area contributed by atoms with E-state index in [0.29, 0.717) is 11.6 Å². The molecule has 23 heavy (non-hydrogen) atoms. The van der Waals surface area contributed by atoms with E-state index in [9.17, 15) is 9.59 Å². The Hall–Kier alpha value is -1.75. The third-order valence-corrected chi connectivity index (χ3v) is 3.20. The third kappa shape index (κ3) is 7.88. The van der Waals surface area contributed by atoms with Crippen molar-refractivity contribution in [2.45, 2.75) is 45.6 Å². The number of alkyl carbamates (subject to hydrolysis) is 1. The molecule has 128 valence electrons. The number of esters is 1. The lowest BCUT2D eigenvalue weighted by Gasteiger charge is -2.22. The van der Waals surface area contributed by atoms with E-state index in [1.807, 2.05) is 12.1 Å². The van der Waals surface area contributed by atoms with E-state index in [1.165, 1.54) is 0 Å². The van der Waals surface area contributed by atoms with Gasteiger partial charge in [-0.15, -0.1) is 0 Å². The summed E-state index contributed by atoms with van der Waals surface area (Å²) < 4.78 is 10.2. The molecule has 0 aromatic heterocycles.